The van der Waals surface area contributed by atoms with Gasteiger partial charge in [0.15, 0.2) is 0 Å². The van der Waals surface area contributed by atoms with Gasteiger partial charge in [0.1, 0.15) is 12.6 Å². The first-order valence-corrected chi connectivity index (χ1v) is 17.2. The highest BCUT2D eigenvalue weighted by molar-refractivity contribution is 9.10. The molecular formula is C35H37BrClN3O4S. The summed E-state index contributed by atoms with van der Waals surface area (Å²) in [6.45, 7) is 6.84. The van der Waals surface area contributed by atoms with E-state index in [-0.39, 0.29) is 35.5 Å². The molecule has 1 atom stereocenters. The van der Waals surface area contributed by atoms with Gasteiger partial charge in [0.05, 0.1) is 10.6 Å². The second-order valence-electron chi connectivity index (χ2n) is 11.2. The smallest absolute Gasteiger partial charge is 0.264 e. The molecule has 0 unspecified atom stereocenters. The van der Waals surface area contributed by atoms with Crippen LogP contribution < -0.4 is 9.62 Å². The van der Waals surface area contributed by atoms with E-state index in [1.807, 2.05) is 75.4 Å². The highest BCUT2D eigenvalue weighted by Crippen LogP contribution is 2.31. The van der Waals surface area contributed by atoms with Gasteiger partial charge in [0.2, 0.25) is 11.8 Å². The number of rotatable bonds is 12. The summed E-state index contributed by atoms with van der Waals surface area (Å²) in [7, 11) is -4.22. The number of carbonyl (C=O) groups excluding carboxylic acids is 2. The number of halogens is 2. The third-order valence-corrected chi connectivity index (χ3v) is 10.1. The Kier molecular flexibility index (Phi) is 11.5. The fourth-order valence-corrected chi connectivity index (χ4v) is 6.84. The fraction of sp³-hybridized carbons (Fsp3) is 0.257. The zero-order valence-corrected chi connectivity index (χ0v) is 28.9. The Balaban J connectivity index is 1.83. The maximum absolute atomic E-state index is 14.5. The maximum atomic E-state index is 14.5. The highest BCUT2D eigenvalue weighted by Gasteiger charge is 2.35. The van der Waals surface area contributed by atoms with Crippen LogP contribution in [0.2, 0.25) is 5.02 Å². The van der Waals surface area contributed by atoms with Crippen LogP contribution in [0.4, 0.5) is 5.69 Å². The number of hydrogen-bond donors (Lipinski definition) is 1. The van der Waals surface area contributed by atoms with E-state index in [0.717, 1.165) is 25.5 Å². The van der Waals surface area contributed by atoms with Crippen molar-refractivity contribution in [1.82, 2.24) is 10.2 Å². The number of nitrogens with zero attached hydrogens (tertiary/aromatic N) is 2. The van der Waals surface area contributed by atoms with Gasteiger partial charge in [-0.2, -0.15) is 0 Å². The molecule has 0 bridgehead atoms. The molecule has 0 fully saturated rings. The van der Waals surface area contributed by atoms with Crippen LogP contribution in [0.3, 0.4) is 0 Å². The summed E-state index contributed by atoms with van der Waals surface area (Å²) in [6, 6.07) is 27.3. The van der Waals surface area contributed by atoms with E-state index in [1.54, 1.807) is 37.3 Å². The minimum Gasteiger partial charge on any atom is -0.352 e. The zero-order chi connectivity index (χ0) is 32.7. The lowest BCUT2D eigenvalue weighted by Crippen LogP contribution is -2.54. The van der Waals surface area contributed by atoms with Gasteiger partial charge in [0.25, 0.3) is 10.0 Å². The SMILES string of the molecule is Cc1ccc(S(=O)(=O)N(CC(=O)N(Cc2ccc(Br)cc2)[C@@H](Cc2ccccc2)C(=O)NC(C)C)c2cccc(Cl)c2C)cc1. The first-order chi connectivity index (χ1) is 21.4. The molecule has 0 saturated carbocycles. The average molecular weight is 711 g/mol. The van der Waals surface area contributed by atoms with Crippen LogP contribution in [-0.2, 0) is 32.6 Å². The van der Waals surface area contributed by atoms with Crippen LogP contribution in [0, 0.1) is 13.8 Å². The third-order valence-electron chi connectivity index (χ3n) is 7.36. The maximum Gasteiger partial charge on any atom is 0.264 e. The van der Waals surface area contributed by atoms with Crippen molar-refractivity contribution >= 4 is 55.1 Å². The molecule has 10 heteroatoms. The van der Waals surface area contributed by atoms with Crippen LogP contribution in [0.5, 0.6) is 0 Å². The van der Waals surface area contributed by atoms with Gasteiger partial charge in [-0.1, -0.05) is 93.8 Å². The van der Waals surface area contributed by atoms with E-state index in [9.17, 15) is 18.0 Å². The quantitative estimate of drug-likeness (QED) is 0.170. The molecule has 7 nitrogen and oxygen atoms in total. The van der Waals surface area contributed by atoms with E-state index < -0.39 is 28.5 Å². The molecule has 4 aromatic rings. The molecule has 0 saturated heterocycles. The van der Waals surface area contributed by atoms with E-state index in [0.29, 0.717) is 10.6 Å². The van der Waals surface area contributed by atoms with E-state index in [4.69, 9.17) is 11.6 Å². The van der Waals surface area contributed by atoms with Crippen molar-refractivity contribution in [3.63, 3.8) is 0 Å². The number of carbonyl (C=O) groups is 2. The first kappa shape index (κ1) is 34.2. The Morgan fingerprint density at radius 2 is 1.49 bits per heavy atom. The number of amides is 2. The van der Waals surface area contributed by atoms with Gasteiger partial charge < -0.3 is 10.2 Å². The number of aryl methyl sites for hydroxylation is 1. The molecule has 0 aliphatic heterocycles. The molecule has 4 rings (SSSR count). The lowest BCUT2D eigenvalue weighted by atomic mass is 10.0. The van der Waals surface area contributed by atoms with Crippen molar-refractivity contribution in [2.75, 3.05) is 10.8 Å². The molecule has 0 heterocycles. The second-order valence-corrected chi connectivity index (χ2v) is 14.4. The van der Waals surface area contributed by atoms with Crippen LogP contribution >= 0.6 is 27.5 Å². The van der Waals surface area contributed by atoms with Crippen molar-refractivity contribution < 1.29 is 18.0 Å². The van der Waals surface area contributed by atoms with Crippen LogP contribution in [0.1, 0.15) is 36.1 Å². The van der Waals surface area contributed by atoms with Crippen molar-refractivity contribution in [2.45, 2.75) is 57.6 Å². The van der Waals surface area contributed by atoms with Crippen molar-refractivity contribution in [3.8, 4) is 0 Å². The van der Waals surface area contributed by atoms with Crippen molar-refractivity contribution in [2.24, 2.45) is 0 Å². The van der Waals surface area contributed by atoms with Crippen molar-refractivity contribution in [1.29, 1.82) is 0 Å². The molecule has 0 spiro atoms. The first-order valence-electron chi connectivity index (χ1n) is 14.6. The van der Waals surface area contributed by atoms with Crippen molar-refractivity contribution in [3.05, 3.63) is 129 Å². The predicted molar refractivity (Wildman–Crippen MR) is 184 cm³/mol. The highest BCUT2D eigenvalue weighted by atomic mass is 79.9. The molecule has 0 aliphatic carbocycles. The average Bonchev–Trinajstić information content (AvgIpc) is 3.00. The number of sulfonamides is 1. The van der Waals surface area contributed by atoms with E-state index >= 15 is 0 Å². The monoisotopic (exact) mass is 709 g/mol. The van der Waals surface area contributed by atoms with Gasteiger partial charge >= 0.3 is 0 Å². The molecule has 1 N–H and O–H groups in total. The lowest BCUT2D eigenvalue weighted by molar-refractivity contribution is -0.140. The second kappa shape index (κ2) is 15.1. The number of nitrogens with one attached hydrogen (secondary N) is 1. The molecule has 4 aromatic carbocycles. The Hall–Kier alpha value is -3.66. The Bertz CT molecular complexity index is 1730. The third kappa shape index (κ3) is 8.75. The summed E-state index contributed by atoms with van der Waals surface area (Å²) in [6.07, 6.45) is 0.239. The van der Waals surface area contributed by atoms with Crippen LogP contribution in [0.15, 0.2) is 106 Å². The van der Waals surface area contributed by atoms with Crippen LogP contribution in [0.25, 0.3) is 0 Å². The molecule has 45 heavy (non-hydrogen) atoms. The van der Waals surface area contributed by atoms with Gasteiger partial charge in [0, 0.05) is 28.5 Å². The molecule has 236 valence electrons. The minimum atomic E-state index is -4.22. The number of anilines is 1. The summed E-state index contributed by atoms with van der Waals surface area (Å²) >= 11 is 9.91. The van der Waals surface area contributed by atoms with Crippen LogP contribution in [-0.4, -0.2) is 43.8 Å². The predicted octanol–water partition coefficient (Wildman–Crippen LogP) is 7.08. The van der Waals surface area contributed by atoms with Gasteiger partial charge in [-0.25, -0.2) is 8.42 Å². The number of benzene rings is 4. The van der Waals surface area contributed by atoms with E-state index in [1.165, 1.54) is 17.0 Å². The minimum absolute atomic E-state index is 0.0399. The standard InChI is InChI=1S/C35H37BrClN3O4S/c1-24(2)38-35(42)33(21-27-9-6-5-7-10-27)39(22-28-15-17-29(36)18-16-28)34(41)23-40(32-12-8-11-31(37)26(32)4)45(43,44)30-19-13-25(3)14-20-30/h5-20,24,33H,21-23H2,1-4H3,(H,38,42)/t33-/m0/s1. The Morgan fingerprint density at radius 3 is 2.11 bits per heavy atom. The summed E-state index contributed by atoms with van der Waals surface area (Å²) < 4.78 is 30.4. The van der Waals surface area contributed by atoms with Gasteiger partial charge in [-0.15, -0.1) is 0 Å². The molecule has 0 aliphatic rings. The molecule has 2 amide bonds. The zero-order valence-electron chi connectivity index (χ0n) is 25.7. The largest absolute Gasteiger partial charge is 0.352 e. The fourth-order valence-electron chi connectivity index (χ4n) is 4.94. The Labute approximate surface area is 279 Å². The summed E-state index contributed by atoms with van der Waals surface area (Å²) in [5.41, 5.74) is 3.35. The number of hydrogen-bond acceptors (Lipinski definition) is 4. The lowest BCUT2D eigenvalue weighted by Gasteiger charge is -2.34. The molecule has 0 aromatic heterocycles. The molecule has 0 radical (unpaired) electrons. The molecular weight excluding hydrogens is 674 g/mol. The summed E-state index contributed by atoms with van der Waals surface area (Å²) in [5, 5.41) is 3.34. The van der Waals surface area contributed by atoms with E-state index in [2.05, 4.69) is 21.2 Å². The van der Waals surface area contributed by atoms with Gasteiger partial charge in [-0.3, -0.25) is 13.9 Å². The normalized spacial score (nSPS) is 12.1. The summed E-state index contributed by atoms with van der Waals surface area (Å²) in [5.74, 6) is -0.862. The summed E-state index contributed by atoms with van der Waals surface area (Å²) in [4.78, 5) is 29.9. The Morgan fingerprint density at radius 1 is 0.844 bits per heavy atom. The van der Waals surface area contributed by atoms with Gasteiger partial charge in [-0.05, 0) is 80.8 Å². The topological polar surface area (TPSA) is 86.8 Å².